The van der Waals surface area contributed by atoms with Gasteiger partial charge in [-0.05, 0) is 31.4 Å². The minimum atomic E-state index is 0.227. The van der Waals surface area contributed by atoms with E-state index >= 15 is 0 Å². The third kappa shape index (κ3) is 5.70. The lowest BCUT2D eigenvalue weighted by Gasteiger charge is -2.08. The van der Waals surface area contributed by atoms with E-state index in [0.29, 0.717) is 0 Å². The van der Waals surface area contributed by atoms with Crippen molar-refractivity contribution in [2.24, 2.45) is 5.73 Å². The standard InChI is InChI=1S/C12H19NOS/c13-11(10-15)6-4-5-9-14-12-7-2-1-3-8-12/h1-3,7-8,11,15H,4-6,9-10,13H2/t11-/m1/s1. The Labute approximate surface area is 97.2 Å². The van der Waals surface area contributed by atoms with Crippen molar-refractivity contribution in [2.75, 3.05) is 12.4 Å². The average Bonchev–Trinajstić information content (AvgIpc) is 2.29. The van der Waals surface area contributed by atoms with Crippen LogP contribution in [0.1, 0.15) is 19.3 Å². The normalized spacial score (nSPS) is 12.4. The van der Waals surface area contributed by atoms with E-state index in [1.54, 1.807) is 0 Å². The average molecular weight is 225 g/mol. The van der Waals surface area contributed by atoms with Crippen molar-refractivity contribution >= 4 is 12.6 Å². The predicted octanol–water partition coefficient (Wildman–Crippen LogP) is 2.49. The molecule has 0 bridgehead atoms. The molecule has 3 heteroatoms. The van der Waals surface area contributed by atoms with E-state index in [4.69, 9.17) is 10.5 Å². The van der Waals surface area contributed by atoms with Crippen LogP contribution in [-0.4, -0.2) is 18.4 Å². The van der Waals surface area contributed by atoms with E-state index < -0.39 is 0 Å². The van der Waals surface area contributed by atoms with E-state index in [0.717, 1.165) is 37.4 Å². The molecule has 0 spiro atoms. The summed E-state index contributed by atoms with van der Waals surface area (Å²) in [6.07, 6.45) is 3.19. The van der Waals surface area contributed by atoms with Gasteiger partial charge in [0.15, 0.2) is 0 Å². The Hall–Kier alpha value is -0.670. The summed E-state index contributed by atoms with van der Waals surface area (Å²) >= 11 is 4.14. The molecule has 0 saturated carbocycles. The van der Waals surface area contributed by atoms with Gasteiger partial charge in [-0.3, -0.25) is 0 Å². The first-order valence-corrected chi connectivity index (χ1v) is 6.00. The van der Waals surface area contributed by atoms with Crippen LogP contribution in [-0.2, 0) is 0 Å². The highest BCUT2D eigenvalue weighted by Crippen LogP contribution is 2.09. The molecular weight excluding hydrogens is 206 g/mol. The molecule has 2 nitrogen and oxygen atoms in total. The van der Waals surface area contributed by atoms with Crippen molar-refractivity contribution in [3.8, 4) is 5.75 Å². The zero-order valence-corrected chi connectivity index (χ0v) is 9.83. The highest BCUT2D eigenvalue weighted by Gasteiger charge is 1.98. The van der Waals surface area contributed by atoms with Gasteiger partial charge in [-0.25, -0.2) is 0 Å². The number of unbranched alkanes of at least 4 members (excludes halogenated alkanes) is 1. The van der Waals surface area contributed by atoms with Gasteiger partial charge < -0.3 is 10.5 Å². The van der Waals surface area contributed by atoms with Gasteiger partial charge in [0.25, 0.3) is 0 Å². The number of hydrogen-bond acceptors (Lipinski definition) is 3. The van der Waals surface area contributed by atoms with Crippen LogP contribution in [0.2, 0.25) is 0 Å². The first-order chi connectivity index (χ1) is 7.33. The third-order valence-corrected chi connectivity index (χ3v) is 2.68. The second-order valence-corrected chi connectivity index (χ2v) is 3.97. The minimum Gasteiger partial charge on any atom is -0.494 e. The lowest BCUT2D eigenvalue weighted by Crippen LogP contribution is -2.21. The second kappa shape index (κ2) is 7.60. The first-order valence-electron chi connectivity index (χ1n) is 5.37. The Morgan fingerprint density at radius 2 is 1.93 bits per heavy atom. The molecule has 15 heavy (non-hydrogen) atoms. The number of ether oxygens (including phenoxy) is 1. The first kappa shape index (κ1) is 12.4. The minimum absolute atomic E-state index is 0.227. The van der Waals surface area contributed by atoms with Crippen molar-refractivity contribution in [2.45, 2.75) is 25.3 Å². The molecule has 84 valence electrons. The smallest absolute Gasteiger partial charge is 0.119 e. The van der Waals surface area contributed by atoms with Gasteiger partial charge in [0, 0.05) is 11.8 Å². The van der Waals surface area contributed by atoms with Gasteiger partial charge in [-0.15, -0.1) is 0 Å². The Bertz CT molecular complexity index is 253. The SMILES string of the molecule is N[C@@H](CS)CCCCOc1ccccc1. The Balaban J connectivity index is 2.03. The fraction of sp³-hybridized carbons (Fsp3) is 0.500. The maximum absolute atomic E-state index is 5.75. The van der Waals surface area contributed by atoms with Crippen LogP contribution in [0.3, 0.4) is 0 Å². The molecule has 0 fully saturated rings. The van der Waals surface area contributed by atoms with Crippen LogP contribution < -0.4 is 10.5 Å². The van der Waals surface area contributed by atoms with Crippen LogP contribution in [0.15, 0.2) is 30.3 Å². The molecule has 0 aromatic heterocycles. The van der Waals surface area contributed by atoms with Crippen LogP contribution in [0, 0.1) is 0 Å². The molecule has 0 unspecified atom stereocenters. The Kier molecular flexibility index (Phi) is 6.28. The summed E-state index contributed by atoms with van der Waals surface area (Å²) in [6.45, 7) is 0.767. The van der Waals surface area contributed by atoms with Crippen LogP contribution >= 0.6 is 12.6 Å². The number of hydrogen-bond donors (Lipinski definition) is 2. The molecule has 2 N–H and O–H groups in total. The van der Waals surface area contributed by atoms with Crippen molar-refractivity contribution < 1.29 is 4.74 Å². The number of nitrogens with two attached hydrogens (primary N) is 1. The van der Waals surface area contributed by atoms with E-state index in [2.05, 4.69) is 12.6 Å². The molecule has 0 aliphatic heterocycles. The van der Waals surface area contributed by atoms with Gasteiger partial charge in [-0.1, -0.05) is 18.2 Å². The molecule has 0 aliphatic carbocycles. The summed E-state index contributed by atoms with van der Waals surface area (Å²) in [5.41, 5.74) is 5.75. The summed E-state index contributed by atoms with van der Waals surface area (Å²) in [5, 5.41) is 0. The highest BCUT2D eigenvalue weighted by atomic mass is 32.1. The van der Waals surface area contributed by atoms with Crippen molar-refractivity contribution in [1.29, 1.82) is 0 Å². The fourth-order valence-electron chi connectivity index (χ4n) is 1.31. The van der Waals surface area contributed by atoms with E-state index in [-0.39, 0.29) is 6.04 Å². The largest absolute Gasteiger partial charge is 0.494 e. The topological polar surface area (TPSA) is 35.2 Å². The van der Waals surface area contributed by atoms with E-state index in [1.807, 2.05) is 30.3 Å². The third-order valence-electron chi connectivity index (χ3n) is 2.22. The van der Waals surface area contributed by atoms with E-state index in [1.165, 1.54) is 0 Å². The molecule has 1 atom stereocenters. The Morgan fingerprint density at radius 1 is 1.20 bits per heavy atom. The highest BCUT2D eigenvalue weighted by molar-refractivity contribution is 7.80. The van der Waals surface area contributed by atoms with Crippen LogP contribution in [0.5, 0.6) is 5.75 Å². The molecule has 0 amide bonds. The van der Waals surface area contributed by atoms with Gasteiger partial charge in [-0.2, -0.15) is 12.6 Å². The fourth-order valence-corrected chi connectivity index (χ4v) is 1.49. The van der Waals surface area contributed by atoms with E-state index in [9.17, 15) is 0 Å². The summed E-state index contributed by atoms with van der Waals surface area (Å²) in [4.78, 5) is 0. The van der Waals surface area contributed by atoms with Crippen molar-refractivity contribution in [1.82, 2.24) is 0 Å². The maximum atomic E-state index is 5.75. The molecular formula is C12H19NOS. The molecule has 1 aromatic rings. The van der Waals surface area contributed by atoms with Crippen molar-refractivity contribution in [3.63, 3.8) is 0 Å². The second-order valence-electron chi connectivity index (χ2n) is 3.60. The summed E-state index contributed by atoms with van der Waals surface area (Å²) in [5.74, 6) is 1.70. The molecule has 0 saturated heterocycles. The van der Waals surface area contributed by atoms with Crippen LogP contribution in [0.25, 0.3) is 0 Å². The monoisotopic (exact) mass is 225 g/mol. The predicted molar refractivity (Wildman–Crippen MR) is 67.6 cm³/mol. The molecule has 1 aromatic carbocycles. The summed E-state index contributed by atoms with van der Waals surface area (Å²) in [6, 6.07) is 10.1. The maximum Gasteiger partial charge on any atom is 0.119 e. The lowest BCUT2D eigenvalue weighted by atomic mass is 10.1. The number of benzene rings is 1. The van der Waals surface area contributed by atoms with Gasteiger partial charge >= 0.3 is 0 Å². The quantitative estimate of drug-likeness (QED) is 0.552. The van der Waals surface area contributed by atoms with Crippen molar-refractivity contribution in [3.05, 3.63) is 30.3 Å². The molecule has 0 aliphatic rings. The summed E-state index contributed by atoms with van der Waals surface area (Å²) in [7, 11) is 0. The molecule has 0 radical (unpaired) electrons. The van der Waals surface area contributed by atoms with Gasteiger partial charge in [0.1, 0.15) is 5.75 Å². The number of rotatable bonds is 7. The number of para-hydroxylation sites is 1. The lowest BCUT2D eigenvalue weighted by molar-refractivity contribution is 0.304. The Morgan fingerprint density at radius 3 is 2.60 bits per heavy atom. The van der Waals surface area contributed by atoms with Gasteiger partial charge in [0.05, 0.1) is 6.61 Å². The number of thiol groups is 1. The summed E-state index contributed by atoms with van der Waals surface area (Å²) < 4.78 is 5.56. The van der Waals surface area contributed by atoms with Gasteiger partial charge in [0.2, 0.25) is 0 Å². The van der Waals surface area contributed by atoms with Crippen LogP contribution in [0.4, 0.5) is 0 Å². The molecule has 0 heterocycles. The zero-order chi connectivity index (χ0) is 10.9. The zero-order valence-electron chi connectivity index (χ0n) is 8.93. The molecule has 1 rings (SSSR count).